The average Bonchev–Trinajstić information content (AvgIpc) is 2.68. The first-order valence-corrected chi connectivity index (χ1v) is 9.18. The maximum atomic E-state index is 12.9. The Morgan fingerprint density at radius 2 is 1.55 bits per heavy atom. The van der Waals surface area contributed by atoms with E-state index in [4.69, 9.17) is 12.2 Å². The van der Waals surface area contributed by atoms with Gasteiger partial charge in [-0.05, 0) is 73.6 Å². The van der Waals surface area contributed by atoms with Crippen molar-refractivity contribution in [1.82, 2.24) is 16.2 Å². The van der Waals surface area contributed by atoms with Gasteiger partial charge in [-0.25, -0.2) is 4.39 Å². The lowest BCUT2D eigenvalue weighted by molar-refractivity contribution is -0.124. The highest BCUT2D eigenvalue weighted by atomic mass is 32.1. The van der Waals surface area contributed by atoms with Crippen LogP contribution in [0.3, 0.4) is 0 Å². The van der Waals surface area contributed by atoms with Crippen LogP contribution in [0.25, 0.3) is 0 Å². The smallest absolute Gasteiger partial charge is 0.257 e. The number of rotatable bonds is 5. The summed E-state index contributed by atoms with van der Waals surface area (Å²) in [5.41, 5.74) is 7.73. The van der Waals surface area contributed by atoms with E-state index in [0.29, 0.717) is 5.69 Å². The lowest BCUT2D eigenvalue weighted by Crippen LogP contribution is -2.48. The first-order chi connectivity index (χ1) is 13.7. The van der Waals surface area contributed by atoms with E-state index in [1.165, 1.54) is 12.1 Å². The first kappa shape index (κ1) is 22.0. The van der Waals surface area contributed by atoms with E-state index >= 15 is 0 Å². The van der Waals surface area contributed by atoms with Crippen LogP contribution in [-0.2, 0) is 9.59 Å². The molecule has 0 fully saturated rings. The quantitative estimate of drug-likeness (QED) is 0.443. The summed E-state index contributed by atoms with van der Waals surface area (Å²) in [5.74, 6) is -1.78. The molecule has 29 heavy (non-hydrogen) atoms. The van der Waals surface area contributed by atoms with Gasteiger partial charge in [-0.15, -0.1) is 0 Å². The molecular formula is C20H21FN4O3S. The van der Waals surface area contributed by atoms with Crippen molar-refractivity contribution < 1.29 is 18.8 Å². The average molecular weight is 416 g/mol. The van der Waals surface area contributed by atoms with Gasteiger partial charge in [0.25, 0.3) is 5.91 Å². The third kappa shape index (κ3) is 7.30. The molecule has 0 aliphatic carbocycles. The summed E-state index contributed by atoms with van der Waals surface area (Å²) in [6.45, 7) is 3.92. The minimum atomic E-state index is -0.551. The molecule has 0 aliphatic rings. The van der Waals surface area contributed by atoms with Gasteiger partial charge in [-0.1, -0.05) is 6.07 Å². The number of halogens is 1. The van der Waals surface area contributed by atoms with Crippen LogP contribution in [0.5, 0.6) is 0 Å². The minimum Gasteiger partial charge on any atom is -0.326 e. The molecule has 0 aliphatic heterocycles. The van der Waals surface area contributed by atoms with Crippen LogP contribution in [0.2, 0.25) is 0 Å². The van der Waals surface area contributed by atoms with Crippen LogP contribution >= 0.6 is 12.2 Å². The summed E-state index contributed by atoms with van der Waals surface area (Å²) in [6.07, 6.45) is -0.0899. The molecular weight excluding hydrogens is 395 g/mol. The molecule has 0 atom stereocenters. The lowest BCUT2D eigenvalue weighted by Gasteiger charge is -2.11. The molecule has 2 aromatic rings. The predicted molar refractivity (Wildman–Crippen MR) is 112 cm³/mol. The topological polar surface area (TPSA) is 99.3 Å². The molecule has 0 aromatic heterocycles. The number of aryl methyl sites for hydroxylation is 2. The molecule has 9 heteroatoms. The molecule has 0 saturated heterocycles. The van der Waals surface area contributed by atoms with Crippen molar-refractivity contribution in [3.05, 3.63) is 65.0 Å². The second-order valence-electron chi connectivity index (χ2n) is 6.31. The maximum absolute atomic E-state index is 12.9. The third-order valence-electron chi connectivity index (χ3n) is 4.02. The number of amides is 3. The van der Waals surface area contributed by atoms with Crippen molar-refractivity contribution in [2.45, 2.75) is 26.7 Å². The van der Waals surface area contributed by atoms with Crippen LogP contribution < -0.4 is 21.5 Å². The molecule has 7 nitrogen and oxygen atoms in total. The molecule has 2 aromatic carbocycles. The fourth-order valence-corrected chi connectivity index (χ4v) is 2.41. The Balaban J connectivity index is 1.69. The van der Waals surface area contributed by atoms with Gasteiger partial charge >= 0.3 is 0 Å². The number of benzene rings is 2. The molecule has 4 N–H and O–H groups in total. The van der Waals surface area contributed by atoms with E-state index in [0.717, 1.165) is 23.3 Å². The van der Waals surface area contributed by atoms with Crippen molar-refractivity contribution in [3.8, 4) is 0 Å². The summed E-state index contributed by atoms with van der Waals surface area (Å²) < 4.78 is 12.9. The molecule has 0 unspecified atom stereocenters. The zero-order chi connectivity index (χ0) is 21.4. The number of hydrogen-bond donors (Lipinski definition) is 4. The fourth-order valence-electron chi connectivity index (χ4n) is 2.27. The molecule has 0 saturated carbocycles. The zero-order valence-corrected chi connectivity index (χ0v) is 16.8. The van der Waals surface area contributed by atoms with E-state index in [-0.39, 0.29) is 29.4 Å². The number of hydrogen-bond acceptors (Lipinski definition) is 4. The van der Waals surface area contributed by atoms with Gasteiger partial charge in [0.05, 0.1) is 0 Å². The Bertz CT molecular complexity index is 932. The first-order valence-electron chi connectivity index (χ1n) is 8.77. The predicted octanol–water partition coefficient (Wildman–Crippen LogP) is 2.50. The highest BCUT2D eigenvalue weighted by Crippen LogP contribution is 2.14. The lowest BCUT2D eigenvalue weighted by atomic mass is 10.1. The SMILES string of the molecule is Cc1ccc(NC(=O)CCC(=O)NNC(=S)NC(=O)c2ccc(F)cc2)cc1C. The second kappa shape index (κ2) is 10.3. The standard InChI is InChI=1S/C20H21FN4O3S/c1-12-3-8-16(11-13(12)2)22-17(26)9-10-18(27)24-25-20(29)23-19(28)14-4-6-15(21)7-5-14/h3-8,11H,9-10H2,1-2H3,(H,22,26)(H,24,27)(H2,23,25,28,29). The van der Waals surface area contributed by atoms with E-state index < -0.39 is 17.6 Å². The summed E-state index contributed by atoms with van der Waals surface area (Å²) in [6, 6.07) is 10.5. The zero-order valence-electron chi connectivity index (χ0n) is 16.0. The van der Waals surface area contributed by atoms with E-state index in [2.05, 4.69) is 21.5 Å². The van der Waals surface area contributed by atoms with Crippen LogP contribution in [0.1, 0.15) is 34.3 Å². The van der Waals surface area contributed by atoms with Gasteiger partial charge in [0, 0.05) is 24.1 Å². The maximum Gasteiger partial charge on any atom is 0.257 e. The van der Waals surface area contributed by atoms with Crippen molar-refractivity contribution in [1.29, 1.82) is 0 Å². The molecule has 0 bridgehead atoms. The number of anilines is 1. The number of carbonyl (C=O) groups excluding carboxylic acids is 3. The minimum absolute atomic E-state index is 0.0187. The van der Waals surface area contributed by atoms with Crippen LogP contribution in [0, 0.1) is 19.7 Å². The normalized spacial score (nSPS) is 10.0. The molecule has 152 valence electrons. The van der Waals surface area contributed by atoms with Gasteiger partial charge in [0.2, 0.25) is 11.8 Å². The summed E-state index contributed by atoms with van der Waals surface area (Å²) >= 11 is 4.91. The van der Waals surface area contributed by atoms with Crippen molar-refractivity contribution in [2.24, 2.45) is 0 Å². The largest absolute Gasteiger partial charge is 0.326 e. The van der Waals surface area contributed by atoms with Crippen molar-refractivity contribution in [2.75, 3.05) is 5.32 Å². The number of thiocarbonyl (C=S) groups is 1. The van der Waals surface area contributed by atoms with Gasteiger partial charge in [-0.2, -0.15) is 0 Å². The number of nitrogens with one attached hydrogen (secondary N) is 4. The molecule has 0 spiro atoms. The van der Waals surface area contributed by atoms with Gasteiger partial charge < -0.3 is 5.32 Å². The van der Waals surface area contributed by atoms with Crippen molar-refractivity contribution >= 4 is 40.7 Å². The summed E-state index contributed by atoms with van der Waals surface area (Å²) in [4.78, 5) is 35.7. The van der Waals surface area contributed by atoms with E-state index in [9.17, 15) is 18.8 Å². The van der Waals surface area contributed by atoms with Crippen LogP contribution in [-0.4, -0.2) is 22.8 Å². The van der Waals surface area contributed by atoms with Crippen LogP contribution in [0.15, 0.2) is 42.5 Å². The Hall–Kier alpha value is -3.33. The number of hydrazine groups is 1. The second-order valence-corrected chi connectivity index (χ2v) is 6.72. The van der Waals surface area contributed by atoms with Gasteiger partial charge in [0.15, 0.2) is 5.11 Å². The Labute approximate surface area is 173 Å². The Kier molecular flexibility index (Phi) is 7.79. The highest BCUT2D eigenvalue weighted by molar-refractivity contribution is 7.80. The molecule has 2 rings (SSSR count). The summed E-state index contributed by atoms with van der Waals surface area (Å²) in [7, 11) is 0. The Morgan fingerprint density at radius 1 is 0.897 bits per heavy atom. The Morgan fingerprint density at radius 3 is 2.21 bits per heavy atom. The van der Waals surface area contributed by atoms with E-state index in [1.807, 2.05) is 26.0 Å². The van der Waals surface area contributed by atoms with Crippen LogP contribution in [0.4, 0.5) is 10.1 Å². The molecule has 0 heterocycles. The molecule has 3 amide bonds. The number of carbonyl (C=O) groups is 3. The summed E-state index contributed by atoms with van der Waals surface area (Å²) in [5, 5.41) is 4.94. The fraction of sp³-hybridized carbons (Fsp3) is 0.200. The van der Waals surface area contributed by atoms with Gasteiger partial charge in [-0.3, -0.25) is 30.6 Å². The van der Waals surface area contributed by atoms with Gasteiger partial charge in [0.1, 0.15) is 5.82 Å². The van der Waals surface area contributed by atoms with E-state index in [1.54, 1.807) is 6.07 Å². The monoisotopic (exact) mass is 416 g/mol. The highest BCUT2D eigenvalue weighted by Gasteiger charge is 2.10. The third-order valence-corrected chi connectivity index (χ3v) is 4.22. The molecule has 0 radical (unpaired) electrons. The van der Waals surface area contributed by atoms with Crippen molar-refractivity contribution in [3.63, 3.8) is 0 Å².